The van der Waals surface area contributed by atoms with Gasteiger partial charge in [0.2, 0.25) is 0 Å². The van der Waals surface area contributed by atoms with Gasteiger partial charge in [-0.25, -0.2) is 4.79 Å². The van der Waals surface area contributed by atoms with Gasteiger partial charge in [-0.2, -0.15) is 5.26 Å². The monoisotopic (exact) mass is 425 g/mol. The number of hydrogen-bond acceptors (Lipinski definition) is 8. The van der Waals surface area contributed by atoms with E-state index in [-0.39, 0.29) is 17.7 Å². The van der Waals surface area contributed by atoms with Crippen LogP contribution in [0.15, 0.2) is 48.0 Å². The number of carbonyl (C=O) groups excluding carboxylic acids is 2. The second-order valence-corrected chi connectivity index (χ2v) is 6.17. The molecule has 2 rings (SSSR count). The minimum absolute atomic E-state index is 0.155. The number of rotatable bonds is 10. The Balaban J connectivity index is 1.91. The van der Waals surface area contributed by atoms with Crippen LogP contribution < -0.4 is 18.9 Å². The zero-order valence-corrected chi connectivity index (χ0v) is 17.5. The SMILES string of the molecule is COC(=O)C(C#N)=Cc1ccc(OC(=O)CCCOc2ccc(OC)cc2)c(OC)c1. The molecule has 0 aliphatic heterocycles. The lowest BCUT2D eigenvalue weighted by Crippen LogP contribution is -2.10. The number of nitrogens with zero attached hydrogens (tertiary/aromatic N) is 1. The Hall–Kier alpha value is -3.99. The van der Waals surface area contributed by atoms with Crippen molar-refractivity contribution < 1.29 is 33.3 Å². The van der Waals surface area contributed by atoms with E-state index in [0.29, 0.717) is 30.1 Å². The highest BCUT2D eigenvalue weighted by Crippen LogP contribution is 2.29. The van der Waals surface area contributed by atoms with Crippen molar-refractivity contribution in [2.75, 3.05) is 27.9 Å². The summed E-state index contributed by atoms with van der Waals surface area (Å²) in [6.07, 6.45) is 1.98. The van der Waals surface area contributed by atoms with Gasteiger partial charge in [0.05, 0.1) is 27.9 Å². The highest BCUT2D eigenvalue weighted by atomic mass is 16.6. The molecule has 0 atom stereocenters. The number of carbonyl (C=O) groups is 2. The van der Waals surface area contributed by atoms with Crippen LogP contribution in [-0.4, -0.2) is 39.9 Å². The Bertz CT molecular complexity index is 974. The molecule has 8 nitrogen and oxygen atoms in total. The van der Waals surface area contributed by atoms with E-state index in [0.717, 1.165) is 5.75 Å². The molecule has 0 saturated heterocycles. The second-order valence-electron chi connectivity index (χ2n) is 6.17. The van der Waals surface area contributed by atoms with Crippen LogP contribution in [0.4, 0.5) is 0 Å². The van der Waals surface area contributed by atoms with E-state index >= 15 is 0 Å². The van der Waals surface area contributed by atoms with E-state index in [4.69, 9.17) is 24.2 Å². The average Bonchev–Trinajstić information content (AvgIpc) is 2.80. The van der Waals surface area contributed by atoms with Crippen molar-refractivity contribution in [3.63, 3.8) is 0 Å². The highest BCUT2D eigenvalue weighted by Gasteiger charge is 2.13. The average molecular weight is 425 g/mol. The third kappa shape index (κ3) is 7.08. The van der Waals surface area contributed by atoms with E-state index in [9.17, 15) is 9.59 Å². The fourth-order valence-corrected chi connectivity index (χ4v) is 2.52. The standard InChI is InChI=1S/C23H23NO7/c1-27-18-7-9-19(10-8-18)30-12-4-5-22(25)31-20-11-6-16(14-21(20)28-2)13-17(15-24)23(26)29-3/h6-11,13-14H,4-5,12H2,1-3H3. The first kappa shape index (κ1) is 23.3. The van der Waals surface area contributed by atoms with Gasteiger partial charge >= 0.3 is 11.9 Å². The van der Waals surface area contributed by atoms with Crippen LogP contribution in [0.1, 0.15) is 18.4 Å². The molecule has 162 valence electrons. The molecule has 0 N–H and O–H groups in total. The largest absolute Gasteiger partial charge is 0.497 e. The van der Waals surface area contributed by atoms with Crippen molar-refractivity contribution in [3.8, 4) is 29.1 Å². The van der Waals surface area contributed by atoms with Gasteiger partial charge < -0.3 is 23.7 Å². The molecular formula is C23H23NO7. The molecule has 0 unspecified atom stereocenters. The summed E-state index contributed by atoms with van der Waals surface area (Å²) in [7, 11) is 4.21. The number of nitriles is 1. The van der Waals surface area contributed by atoms with Gasteiger partial charge in [0, 0.05) is 6.42 Å². The predicted molar refractivity (Wildman–Crippen MR) is 112 cm³/mol. The Kier molecular flexibility index (Phi) is 8.92. The Morgan fingerprint density at radius 3 is 2.29 bits per heavy atom. The number of ether oxygens (including phenoxy) is 5. The molecule has 0 aliphatic carbocycles. The van der Waals surface area contributed by atoms with Crippen molar-refractivity contribution in [2.24, 2.45) is 0 Å². The highest BCUT2D eigenvalue weighted by molar-refractivity contribution is 5.97. The predicted octanol–water partition coefficient (Wildman–Crippen LogP) is 3.55. The molecule has 0 fully saturated rings. The van der Waals surface area contributed by atoms with Gasteiger partial charge in [-0.15, -0.1) is 0 Å². The fraction of sp³-hybridized carbons (Fsp3) is 0.261. The second kappa shape index (κ2) is 11.9. The normalized spacial score (nSPS) is 10.6. The van der Waals surface area contributed by atoms with Crippen LogP contribution in [0.25, 0.3) is 6.08 Å². The summed E-state index contributed by atoms with van der Waals surface area (Å²) in [5.41, 5.74) is 0.359. The maximum absolute atomic E-state index is 12.1. The van der Waals surface area contributed by atoms with Crippen molar-refractivity contribution in [1.82, 2.24) is 0 Å². The number of methoxy groups -OCH3 is 3. The number of hydrogen-bond donors (Lipinski definition) is 0. The summed E-state index contributed by atoms with van der Waals surface area (Å²) < 4.78 is 25.8. The molecule has 0 bridgehead atoms. The van der Waals surface area contributed by atoms with Crippen molar-refractivity contribution in [1.29, 1.82) is 5.26 Å². The maximum Gasteiger partial charge on any atom is 0.348 e. The molecule has 8 heteroatoms. The van der Waals surface area contributed by atoms with E-state index < -0.39 is 11.9 Å². The Morgan fingerprint density at radius 2 is 1.68 bits per heavy atom. The molecule has 2 aromatic rings. The van der Waals surface area contributed by atoms with Crippen LogP contribution in [0.3, 0.4) is 0 Å². The first-order valence-corrected chi connectivity index (χ1v) is 9.36. The third-order valence-corrected chi connectivity index (χ3v) is 4.10. The smallest absolute Gasteiger partial charge is 0.348 e. The summed E-state index contributed by atoms with van der Waals surface area (Å²) >= 11 is 0. The Morgan fingerprint density at radius 1 is 0.968 bits per heavy atom. The summed E-state index contributed by atoms with van der Waals surface area (Å²) in [5, 5.41) is 9.05. The molecule has 0 aliphatic rings. The van der Waals surface area contributed by atoms with Gasteiger partial charge in [0.1, 0.15) is 23.1 Å². The van der Waals surface area contributed by atoms with Crippen LogP contribution in [-0.2, 0) is 14.3 Å². The zero-order chi connectivity index (χ0) is 22.6. The van der Waals surface area contributed by atoms with Crippen molar-refractivity contribution in [2.45, 2.75) is 12.8 Å². The van der Waals surface area contributed by atoms with E-state index in [1.165, 1.54) is 26.4 Å². The number of esters is 2. The number of benzene rings is 2. The molecule has 0 spiro atoms. The van der Waals surface area contributed by atoms with Crippen molar-refractivity contribution >= 4 is 18.0 Å². The molecule has 0 heterocycles. The zero-order valence-electron chi connectivity index (χ0n) is 17.5. The van der Waals surface area contributed by atoms with Gasteiger partial charge in [0.25, 0.3) is 0 Å². The lowest BCUT2D eigenvalue weighted by molar-refractivity contribution is -0.136. The molecule has 0 amide bonds. The third-order valence-electron chi connectivity index (χ3n) is 4.10. The molecule has 31 heavy (non-hydrogen) atoms. The van der Waals surface area contributed by atoms with Crippen LogP contribution in [0.5, 0.6) is 23.0 Å². The minimum Gasteiger partial charge on any atom is -0.497 e. The molecule has 2 aromatic carbocycles. The quantitative estimate of drug-likeness (QED) is 0.187. The van der Waals surface area contributed by atoms with Crippen LogP contribution in [0, 0.1) is 11.3 Å². The first-order valence-electron chi connectivity index (χ1n) is 9.36. The topological polar surface area (TPSA) is 104 Å². The molecule has 0 saturated carbocycles. The van der Waals surface area contributed by atoms with Gasteiger partial charge in [-0.3, -0.25) is 4.79 Å². The first-order chi connectivity index (χ1) is 15.0. The fourth-order valence-electron chi connectivity index (χ4n) is 2.52. The minimum atomic E-state index is -0.742. The molecule has 0 radical (unpaired) electrons. The van der Waals surface area contributed by atoms with Gasteiger partial charge in [0.15, 0.2) is 11.5 Å². The maximum atomic E-state index is 12.1. The lowest BCUT2D eigenvalue weighted by Gasteiger charge is -2.10. The van der Waals surface area contributed by atoms with Crippen LogP contribution in [0.2, 0.25) is 0 Å². The van der Waals surface area contributed by atoms with Gasteiger partial charge in [-0.1, -0.05) is 6.07 Å². The van der Waals surface area contributed by atoms with Gasteiger partial charge in [-0.05, 0) is 54.5 Å². The van der Waals surface area contributed by atoms with Crippen molar-refractivity contribution in [3.05, 3.63) is 53.6 Å². The van der Waals surface area contributed by atoms with Crippen LogP contribution >= 0.6 is 0 Å². The summed E-state index contributed by atoms with van der Waals surface area (Å²) in [6, 6.07) is 13.6. The Labute approximate surface area is 180 Å². The van der Waals surface area contributed by atoms with E-state index in [2.05, 4.69) is 4.74 Å². The van der Waals surface area contributed by atoms with E-state index in [1.54, 1.807) is 49.6 Å². The summed E-state index contributed by atoms with van der Waals surface area (Å²) in [4.78, 5) is 23.7. The summed E-state index contributed by atoms with van der Waals surface area (Å²) in [6.45, 7) is 0.354. The molecule has 0 aromatic heterocycles. The molecular weight excluding hydrogens is 402 g/mol. The van der Waals surface area contributed by atoms with E-state index in [1.807, 2.05) is 0 Å². The lowest BCUT2D eigenvalue weighted by atomic mass is 10.1. The summed E-state index contributed by atoms with van der Waals surface area (Å²) in [5.74, 6) is 0.765.